The van der Waals surface area contributed by atoms with E-state index >= 15 is 0 Å². The number of carbonyl (C=O) groups excluding carboxylic acids is 9. The number of alkyl halides is 3. The molecule has 20 nitrogen and oxygen atoms in total. The fraction of sp³-hybridized carbons (Fsp3) is 0.250. The van der Waals surface area contributed by atoms with Gasteiger partial charge in [0, 0.05) is 116 Å². The van der Waals surface area contributed by atoms with Gasteiger partial charge in [-0.15, -0.1) is 68.8 Å². The smallest absolute Gasteiger partial charge is 0.367 e. The van der Waals surface area contributed by atoms with E-state index in [1.165, 1.54) is 44.9 Å². The predicted molar refractivity (Wildman–Crippen MR) is 357 cm³/mol. The van der Waals surface area contributed by atoms with Crippen LogP contribution in [0.15, 0.2) is 110 Å². The summed E-state index contributed by atoms with van der Waals surface area (Å²) in [5.41, 5.74) is 5.21. The van der Waals surface area contributed by atoms with Crippen LogP contribution in [0.5, 0.6) is 17.2 Å². The number of carbonyl (C=O) groups is 9. The summed E-state index contributed by atoms with van der Waals surface area (Å²) in [6, 6.07) is 28.3. The zero-order valence-electron chi connectivity index (χ0n) is 49.3. The Morgan fingerprint density at radius 3 is 1.34 bits per heavy atom. The molecule has 92 heavy (non-hydrogen) atoms. The minimum atomic E-state index is -0.681. The van der Waals surface area contributed by atoms with Gasteiger partial charge in [0.2, 0.25) is 5.01 Å². The molecule has 0 radical (unpaired) electrons. The molecule has 0 bridgehead atoms. The number of ether oxygens (including phenoxy) is 5. The van der Waals surface area contributed by atoms with E-state index in [2.05, 4.69) is 20.3 Å². The first kappa shape index (κ1) is 68.2. The summed E-state index contributed by atoms with van der Waals surface area (Å²) in [5.74, 6) is -0.573. The SMILES string of the molecule is CC(=O)Oc1cc2c(c3ccccc13)[C@H](CCl)CN2.CC(=O)Oc1cc2c(c3ccccc13)[C@H](CCl)CN2C(=O)c1cnc(C(=O)N2C[C@@H](CCl)c3c2cc(OC(C)=O)c2ccccc32)s1.CCOC(=O)c1cnc(C(=O)OCC)s1.O=C(Cl)c1cnc(C(=O)Cl)s1. The Balaban J connectivity index is 0.000000180. The summed E-state index contributed by atoms with van der Waals surface area (Å²) in [6.07, 6.45) is 3.94. The van der Waals surface area contributed by atoms with Crippen LogP contribution in [-0.4, -0.2) is 118 Å². The number of esters is 5. The molecule has 3 aliphatic heterocycles. The number of nitrogens with zero attached hydrogens (tertiary/aromatic N) is 5. The van der Waals surface area contributed by atoms with Crippen molar-refractivity contribution in [3.05, 3.63) is 156 Å². The molecule has 0 unspecified atom stereocenters. The van der Waals surface area contributed by atoms with Crippen LogP contribution in [0, 0.1) is 0 Å². The highest BCUT2D eigenvalue weighted by atomic mass is 35.5. The third-order valence-corrected chi connectivity index (χ3v) is 18.9. The van der Waals surface area contributed by atoms with Crippen molar-refractivity contribution in [3.8, 4) is 17.2 Å². The maximum atomic E-state index is 14.0. The lowest BCUT2D eigenvalue weighted by molar-refractivity contribution is -0.132. The average molecular weight is 1400 g/mol. The van der Waals surface area contributed by atoms with Gasteiger partial charge in [0.1, 0.15) is 31.9 Å². The van der Waals surface area contributed by atoms with Crippen molar-refractivity contribution >= 4 is 194 Å². The minimum Gasteiger partial charge on any atom is -0.462 e. The molecule has 6 heterocycles. The van der Waals surface area contributed by atoms with Gasteiger partial charge in [0.25, 0.3) is 22.3 Å². The third-order valence-electron chi connectivity index (χ3n) is 14.3. The molecule has 3 aromatic heterocycles. The molecule has 1 N–H and O–H groups in total. The van der Waals surface area contributed by atoms with Gasteiger partial charge < -0.3 is 38.8 Å². The number of amides is 2. The first-order valence-corrected chi connectivity index (χ1v) is 32.9. The van der Waals surface area contributed by atoms with Crippen LogP contribution in [0.4, 0.5) is 17.1 Å². The van der Waals surface area contributed by atoms with Gasteiger partial charge >= 0.3 is 29.8 Å². The standard InChI is InChI=1S/C35H27Cl2N3O6S.C15H14ClNO2.C9H11NO4S.C5HCl2NO2S/c1-18(41)45-28-11-26-31(24-9-5-3-7-22(24)28)20(13-36)16-39(26)34(43)30-15-38-33(47-30)35(44)40-17-21(14-37)32-25-10-6-4-8-23(25)29(12-27(32)40)46-19(2)42;1-9(18)19-14-6-13-15(10(7-16)8-17-13)12-5-3-2-4-11(12)14;1-3-13-8(11)6-5-10-7(15-6)9(12)14-4-2;6-3(9)2-1-8-5(11-2)4(7)10/h3-12,15,20-21H,13-14,16-17H2,1-2H3;2-6,10,17H,7-8H2,1H3;5H,3-4H2,1-2H3;1H/t20-,21-;10-;;/m11../s1. The second-order valence-electron chi connectivity index (χ2n) is 20.2. The number of anilines is 3. The maximum Gasteiger partial charge on any atom is 0.367 e. The van der Waals surface area contributed by atoms with Gasteiger partial charge in [0.15, 0.2) is 10.0 Å². The number of nitrogens with one attached hydrogen (secondary N) is 1. The van der Waals surface area contributed by atoms with Crippen molar-refractivity contribution in [2.24, 2.45) is 0 Å². The molecule has 3 atom stereocenters. The third kappa shape index (κ3) is 15.0. The molecule has 6 aromatic carbocycles. The zero-order chi connectivity index (χ0) is 66.1. The Labute approximate surface area is 562 Å². The average Bonchev–Trinajstić information content (AvgIpc) is 1.55. The van der Waals surface area contributed by atoms with Gasteiger partial charge in [-0.2, -0.15) is 0 Å². The van der Waals surface area contributed by atoms with E-state index in [1.54, 1.807) is 35.8 Å². The van der Waals surface area contributed by atoms with Crippen LogP contribution < -0.4 is 29.3 Å². The topological polar surface area (TPSA) is 257 Å². The van der Waals surface area contributed by atoms with Crippen molar-refractivity contribution in [1.82, 2.24) is 15.0 Å². The molecule has 0 aliphatic carbocycles. The first-order chi connectivity index (χ1) is 44.2. The highest BCUT2D eigenvalue weighted by Gasteiger charge is 2.39. The summed E-state index contributed by atoms with van der Waals surface area (Å²) in [5, 5.41) is 7.65. The van der Waals surface area contributed by atoms with E-state index in [0.717, 1.165) is 89.7 Å². The monoisotopic (exact) mass is 1400 g/mol. The molecule has 0 spiro atoms. The number of fused-ring (bicyclic) bond motifs is 9. The zero-order valence-corrected chi connectivity index (χ0v) is 55.6. The molecule has 28 heteroatoms. The van der Waals surface area contributed by atoms with Gasteiger partial charge in [0.05, 0.1) is 43.2 Å². The second-order valence-corrected chi connectivity index (χ2v) is 24.9. The van der Waals surface area contributed by atoms with Crippen molar-refractivity contribution in [3.63, 3.8) is 0 Å². The Bertz CT molecular complexity index is 4180. The van der Waals surface area contributed by atoms with Gasteiger partial charge in [-0.1, -0.05) is 72.8 Å². The Morgan fingerprint density at radius 2 is 0.891 bits per heavy atom. The highest BCUT2D eigenvalue weighted by molar-refractivity contribution is 7.18. The molecular formula is C64H53Cl5N6O14S3. The van der Waals surface area contributed by atoms with Crippen molar-refractivity contribution in [2.75, 3.05) is 65.6 Å². The number of hydrogen-bond donors (Lipinski definition) is 1. The van der Waals surface area contributed by atoms with Crippen molar-refractivity contribution < 1.29 is 66.8 Å². The second kappa shape index (κ2) is 30.5. The fourth-order valence-electron chi connectivity index (χ4n) is 10.6. The largest absolute Gasteiger partial charge is 0.462 e. The summed E-state index contributed by atoms with van der Waals surface area (Å²) < 4.78 is 25.9. The Hall–Kier alpha value is -8.13. The number of aromatic nitrogens is 3. The highest BCUT2D eigenvalue weighted by Crippen LogP contribution is 2.49. The van der Waals surface area contributed by atoms with E-state index in [4.69, 9.17) is 81.7 Å². The van der Waals surface area contributed by atoms with Crippen LogP contribution in [0.2, 0.25) is 0 Å². The van der Waals surface area contributed by atoms with E-state index < -0.39 is 40.3 Å². The Morgan fingerprint density at radius 1 is 0.489 bits per heavy atom. The lowest BCUT2D eigenvalue weighted by atomic mass is 9.95. The molecule has 476 valence electrons. The molecule has 0 saturated heterocycles. The van der Waals surface area contributed by atoms with E-state index in [1.807, 2.05) is 78.9 Å². The molecule has 2 amide bonds. The van der Waals surface area contributed by atoms with Gasteiger partial charge in [-0.25, -0.2) is 24.5 Å². The number of hydrogen-bond acceptors (Lipinski definition) is 21. The molecule has 0 fully saturated rings. The summed E-state index contributed by atoms with van der Waals surface area (Å²) >= 11 is 31.9. The Kier molecular flexibility index (Phi) is 22.7. The molecule has 9 aromatic rings. The maximum absolute atomic E-state index is 14.0. The summed E-state index contributed by atoms with van der Waals surface area (Å²) in [4.78, 5) is 122. The lowest BCUT2D eigenvalue weighted by Crippen LogP contribution is -2.30. The van der Waals surface area contributed by atoms with Crippen molar-refractivity contribution in [2.45, 2.75) is 52.4 Å². The molecule has 0 saturated carbocycles. The minimum absolute atomic E-state index is 0.0793. The predicted octanol–water partition coefficient (Wildman–Crippen LogP) is 14.2. The van der Waals surface area contributed by atoms with Gasteiger partial charge in [-0.3, -0.25) is 33.6 Å². The number of thiazole rings is 3. The molecule has 3 aliphatic rings. The number of halogens is 5. The van der Waals surface area contributed by atoms with E-state index in [0.29, 0.717) is 65.0 Å². The van der Waals surface area contributed by atoms with Crippen LogP contribution >= 0.6 is 92.0 Å². The fourth-order valence-corrected chi connectivity index (χ4v) is 13.8. The van der Waals surface area contributed by atoms with Crippen LogP contribution in [-0.2, 0) is 23.9 Å². The van der Waals surface area contributed by atoms with Crippen LogP contribution in [0.25, 0.3) is 32.3 Å². The lowest BCUT2D eigenvalue weighted by Gasteiger charge is -2.18. The quantitative estimate of drug-likeness (QED) is 0.0459. The van der Waals surface area contributed by atoms with E-state index in [-0.39, 0.29) is 66.9 Å². The molecular weight excluding hydrogens is 1350 g/mol. The van der Waals surface area contributed by atoms with E-state index in [9.17, 15) is 43.2 Å². The molecule has 12 rings (SSSR count). The number of rotatable bonds is 14. The number of benzene rings is 6. The first-order valence-electron chi connectivity index (χ1n) is 28.1. The van der Waals surface area contributed by atoms with Crippen LogP contribution in [0.3, 0.4) is 0 Å². The summed E-state index contributed by atoms with van der Waals surface area (Å²) in [7, 11) is 0. The van der Waals surface area contributed by atoms with Gasteiger partial charge in [-0.05, 0) is 69.9 Å². The van der Waals surface area contributed by atoms with Crippen LogP contribution in [0.1, 0.15) is 127 Å². The summed E-state index contributed by atoms with van der Waals surface area (Å²) in [6.45, 7) is 9.52. The van der Waals surface area contributed by atoms with Crippen molar-refractivity contribution in [1.29, 1.82) is 0 Å². The normalized spacial score (nSPS) is 14.8.